The molecule has 0 bridgehead atoms. The maximum absolute atomic E-state index is 12.2. The molecule has 1 aromatic heterocycles. The lowest BCUT2D eigenvalue weighted by Crippen LogP contribution is -2.13. The van der Waals surface area contributed by atoms with Gasteiger partial charge in [0.15, 0.2) is 5.78 Å². The number of carbonyl (C=O) groups excluding carboxylic acids is 1. The second-order valence-corrected chi connectivity index (χ2v) is 6.49. The summed E-state index contributed by atoms with van der Waals surface area (Å²) < 4.78 is 5.72. The summed E-state index contributed by atoms with van der Waals surface area (Å²) in [5, 5.41) is 20.8. The van der Waals surface area contributed by atoms with Crippen molar-refractivity contribution >= 4 is 11.8 Å². The molecule has 0 radical (unpaired) electrons. The Morgan fingerprint density at radius 1 is 1.10 bits per heavy atom. The van der Waals surface area contributed by atoms with Gasteiger partial charge in [-0.05, 0) is 42.5 Å². The first-order chi connectivity index (χ1) is 13.9. The van der Waals surface area contributed by atoms with Gasteiger partial charge in [0, 0.05) is 10.5 Å². The van der Waals surface area contributed by atoms with E-state index < -0.39 is 22.7 Å². The van der Waals surface area contributed by atoms with Gasteiger partial charge in [0.05, 0.1) is 23.2 Å². The molecular weight excluding hydrogens is 376 g/mol. The number of pyridine rings is 1. The first-order valence-corrected chi connectivity index (χ1v) is 8.72. The molecule has 29 heavy (non-hydrogen) atoms. The van der Waals surface area contributed by atoms with Crippen molar-refractivity contribution in [3.63, 3.8) is 0 Å². The van der Waals surface area contributed by atoms with Crippen molar-refractivity contribution in [2.75, 3.05) is 0 Å². The maximum Gasteiger partial charge on any atom is 0.336 e. The van der Waals surface area contributed by atoms with Gasteiger partial charge >= 0.3 is 5.97 Å². The first-order valence-electron chi connectivity index (χ1n) is 8.72. The number of hydrogen-bond donors (Lipinski definition) is 1. The van der Waals surface area contributed by atoms with Gasteiger partial charge in [-0.1, -0.05) is 18.2 Å². The summed E-state index contributed by atoms with van der Waals surface area (Å²) in [4.78, 5) is 38.7. The van der Waals surface area contributed by atoms with Gasteiger partial charge in [0.25, 0.3) is 0 Å². The van der Waals surface area contributed by atoms with E-state index in [9.17, 15) is 24.8 Å². The Labute approximate surface area is 164 Å². The van der Waals surface area contributed by atoms with Gasteiger partial charge in [-0.15, -0.1) is 0 Å². The van der Waals surface area contributed by atoms with Crippen molar-refractivity contribution in [1.29, 1.82) is 0 Å². The fraction of sp³-hybridized carbons (Fsp3) is 0.0952. The average molecular weight is 390 g/mol. The number of para-hydroxylation sites is 1. The Hall–Kier alpha value is -4.07. The molecule has 0 amide bonds. The third kappa shape index (κ3) is 3.43. The van der Waals surface area contributed by atoms with Gasteiger partial charge < -0.3 is 9.84 Å². The molecule has 8 nitrogen and oxygen atoms in total. The van der Waals surface area contributed by atoms with Crippen molar-refractivity contribution in [3.8, 4) is 22.8 Å². The number of ether oxygens (including phenoxy) is 1. The van der Waals surface area contributed by atoms with Crippen LogP contribution in [0.15, 0.2) is 60.7 Å². The average Bonchev–Trinajstić information content (AvgIpc) is 3.05. The largest absolute Gasteiger partial charge is 0.478 e. The van der Waals surface area contributed by atoms with Crippen molar-refractivity contribution in [1.82, 2.24) is 4.98 Å². The lowest BCUT2D eigenvalue weighted by Gasteiger charge is -2.10. The van der Waals surface area contributed by atoms with Gasteiger partial charge in [0.2, 0.25) is 6.04 Å². The summed E-state index contributed by atoms with van der Waals surface area (Å²) in [6.45, 7) is 0. The van der Waals surface area contributed by atoms with Crippen LogP contribution in [0.2, 0.25) is 0 Å². The van der Waals surface area contributed by atoms with E-state index >= 15 is 0 Å². The second-order valence-electron chi connectivity index (χ2n) is 6.49. The van der Waals surface area contributed by atoms with E-state index in [0.717, 1.165) is 0 Å². The first kappa shape index (κ1) is 18.3. The standard InChI is InChI=1S/C21H14N2O6/c24-18-11-17(23(27)28)19-15(21(25)26)10-16(22-20(18)19)12-6-8-14(9-7-12)29-13-4-2-1-3-5-13/h1-10,17H,11H2,(H,25,26). The van der Waals surface area contributed by atoms with Gasteiger partial charge in [-0.3, -0.25) is 14.9 Å². The molecule has 0 saturated heterocycles. The van der Waals surface area contributed by atoms with Crippen LogP contribution in [0, 0.1) is 10.1 Å². The van der Waals surface area contributed by atoms with Crippen LogP contribution >= 0.6 is 0 Å². The zero-order chi connectivity index (χ0) is 20.5. The molecule has 1 aliphatic carbocycles. The Morgan fingerprint density at radius 2 is 1.76 bits per heavy atom. The molecule has 1 atom stereocenters. The van der Waals surface area contributed by atoms with Crippen LogP contribution in [0.25, 0.3) is 11.3 Å². The van der Waals surface area contributed by atoms with Crippen LogP contribution in [-0.4, -0.2) is 26.8 Å². The van der Waals surface area contributed by atoms with Crippen molar-refractivity contribution in [2.45, 2.75) is 12.5 Å². The fourth-order valence-electron chi connectivity index (χ4n) is 3.30. The zero-order valence-corrected chi connectivity index (χ0v) is 14.9. The van der Waals surface area contributed by atoms with Crippen LogP contribution in [0.4, 0.5) is 0 Å². The number of hydrogen-bond acceptors (Lipinski definition) is 6. The second kappa shape index (κ2) is 7.16. The number of carboxylic acid groups (broad SMARTS) is 1. The molecule has 0 aliphatic heterocycles. The predicted octanol–water partition coefficient (Wildman–Crippen LogP) is 4.14. The van der Waals surface area contributed by atoms with E-state index in [0.29, 0.717) is 17.1 Å². The SMILES string of the molecule is O=C(O)c1cc(-c2ccc(Oc3ccccc3)cc2)nc2c1C([N+](=O)[O-])CC2=O. The van der Waals surface area contributed by atoms with Crippen LogP contribution in [0.1, 0.15) is 38.9 Å². The highest BCUT2D eigenvalue weighted by atomic mass is 16.6. The number of nitro groups is 1. The Bertz CT molecular complexity index is 1130. The van der Waals surface area contributed by atoms with Crippen molar-refractivity contribution in [2.24, 2.45) is 0 Å². The van der Waals surface area contributed by atoms with E-state index in [2.05, 4.69) is 4.98 Å². The summed E-state index contributed by atoms with van der Waals surface area (Å²) in [6, 6.07) is 15.8. The number of benzene rings is 2. The summed E-state index contributed by atoms with van der Waals surface area (Å²) in [6.07, 6.45) is -0.386. The van der Waals surface area contributed by atoms with Gasteiger partial charge in [0.1, 0.15) is 17.2 Å². The van der Waals surface area contributed by atoms with E-state index in [1.807, 2.05) is 30.3 Å². The number of carboxylic acids is 1. The molecule has 2 aromatic carbocycles. The topological polar surface area (TPSA) is 120 Å². The van der Waals surface area contributed by atoms with Gasteiger partial charge in [-0.25, -0.2) is 9.78 Å². The van der Waals surface area contributed by atoms with Crippen LogP contribution in [0.3, 0.4) is 0 Å². The highest BCUT2D eigenvalue weighted by Crippen LogP contribution is 2.37. The summed E-state index contributed by atoms with van der Waals surface area (Å²) in [7, 11) is 0. The molecule has 0 fully saturated rings. The number of ketones is 1. The minimum absolute atomic E-state index is 0.125. The highest BCUT2D eigenvalue weighted by Gasteiger charge is 2.42. The smallest absolute Gasteiger partial charge is 0.336 e. The minimum Gasteiger partial charge on any atom is -0.478 e. The highest BCUT2D eigenvalue weighted by molar-refractivity contribution is 6.04. The molecule has 0 spiro atoms. The van der Waals surface area contributed by atoms with E-state index in [1.165, 1.54) is 6.07 Å². The predicted molar refractivity (Wildman–Crippen MR) is 102 cm³/mol. The molecule has 1 aliphatic rings. The van der Waals surface area contributed by atoms with E-state index in [-0.39, 0.29) is 28.9 Å². The monoisotopic (exact) mass is 390 g/mol. The van der Waals surface area contributed by atoms with E-state index in [4.69, 9.17) is 4.74 Å². The van der Waals surface area contributed by atoms with Crippen molar-refractivity contribution < 1.29 is 24.4 Å². The molecule has 0 saturated carbocycles. The molecule has 8 heteroatoms. The number of Topliss-reactive ketones (excluding diaryl/α,β-unsaturated/α-hetero) is 1. The normalized spacial score (nSPS) is 15.0. The lowest BCUT2D eigenvalue weighted by atomic mass is 10.0. The molecule has 1 unspecified atom stereocenters. The van der Waals surface area contributed by atoms with Crippen LogP contribution in [0.5, 0.6) is 11.5 Å². The van der Waals surface area contributed by atoms with Crippen molar-refractivity contribution in [3.05, 3.63) is 87.6 Å². The van der Waals surface area contributed by atoms with Gasteiger partial charge in [-0.2, -0.15) is 0 Å². The quantitative estimate of drug-likeness (QED) is 0.513. The zero-order valence-electron chi connectivity index (χ0n) is 14.9. The molecular formula is C21H14N2O6. The summed E-state index contributed by atoms with van der Waals surface area (Å²) >= 11 is 0. The molecule has 1 heterocycles. The Kier molecular flexibility index (Phi) is 4.52. The third-order valence-corrected chi connectivity index (χ3v) is 4.65. The maximum atomic E-state index is 12.2. The fourth-order valence-corrected chi connectivity index (χ4v) is 3.30. The number of nitrogens with zero attached hydrogens (tertiary/aromatic N) is 2. The minimum atomic E-state index is -1.38. The van der Waals surface area contributed by atoms with Crippen LogP contribution in [-0.2, 0) is 0 Å². The Balaban J connectivity index is 1.72. The molecule has 4 rings (SSSR count). The van der Waals surface area contributed by atoms with Crippen LogP contribution < -0.4 is 4.74 Å². The number of aromatic carboxylic acids is 1. The molecule has 3 aromatic rings. The number of rotatable bonds is 5. The Morgan fingerprint density at radius 3 is 2.38 bits per heavy atom. The number of carbonyl (C=O) groups is 2. The third-order valence-electron chi connectivity index (χ3n) is 4.65. The van der Waals surface area contributed by atoms with E-state index in [1.54, 1.807) is 24.3 Å². The lowest BCUT2D eigenvalue weighted by molar-refractivity contribution is -0.526. The summed E-state index contributed by atoms with van der Waals surface area (Å²) in [5.74, 6) is -0.630. The number of aromatic nitrogens is 1. The number of fused-ring (bicyclic) bond motifs is 1. The summed E-state index contributed by atoms with van der Waals surface area (Å²) in [5.41, 5.74) is 0.270. The molecule has 1 N–H and O–H groups in total. The molecule has 144 valence electrons.